The predicted octanol–water partition coefficient (Wildman–Crippen LogP) is 3.15. The third kappa shape index (κ3) is 4.08. The molecule has 3 aromatic rings. The molecule has 2 N–H and O–H groups in total. The van der Waals surface area contributed by atoms with E-state index in [2.05, 4.69) is 40.2 Å². The van der Waals surface area contributed by atoms with E-state index in [0.29, 0.717) is 36.7 Å². The van der Waals surface area contributed by atoms with Crippen LogP contribution in [0.3, 0.4) is 0 Å². The summed E-state index contributed by atoms with van der Waals surface area (Å²) in [5, 5.41) is 0. The molecule has 0 aliphatic carbocycles. The predicted molar refractivity (Wildman–Crippen MR) is 106 cm³/mol. The number of hydrogen-bond acceptors (Lipinski definition) is 6. The number of nitrogens with zero attached hydrogens (tertiary/aromatic N) is 4. The van der Waals surface area contributed by atoms with Gasteiger partial charge < -0.3 is 15.2 Å². The van der Waals surface area contributed by atoms with Crippen LogP contribution in [0, 0.1) is 0 Å². The van der Waals surface area contributed by atoms with E-state index < -0.39 is 0 Å². The average molecular weight is 365 g/mol. The monoisotopic (exact) mass is 365 g/mol. The van der Waals surface area contributed by atoms with Gasteiger partial charge in [0.15, 0.2) is 17.0 Å². The van der Waals surface area contributed by atoms with E-state index in [9.17, 15) is 0 Å². The number of imidazole rings is 1. The second kappa shape index (κ2) is 8.35. The number of anilines is 1. The number of methoxy groups -OCH3 is 1. The molecule has 0 aliphatic rings. The van der Waals surface area contributed by atoms with Gasteiger partial charge in [-0.25, -0.2) is 0 Å². The van der Waals surface area contributed by atoms with Gasteiger partial charge >= 0.3 is 6.01 Å². The van der Waals surface area contributed by atoms with Crippen LogP contribution in [0.2, 0.25) is 0 Å². The number of benzene rings is 1. The second-order valence-corrected chi connectivity index (χ2v) is 5.99. The van der Waals surface area contributed by atoms with Gasteiger partial charge in [0, 0.05) is 0 Å². The van der Waals surface area contributed by atoms with Crippen molar-refractivity contribution in [2.45, 2.75) is 19.4 Å². The maximum Gasteiger partial charge on any atom is 0.320 e. The Hall–Kier alpha value is -3.35. The topological polar surface area (TPSA) is 88.1 Å². The molecule has 0 aliphatic heterocycles. The molecule has 7 heteroatoms. The Balaban J connectivity index is 2.00. The molecule has 0 atom stereocenters. The van der Waals surface area contributed by atoms with Crippen molar-refractivity contribution in [1.82, 2.24) is 19.5 Å². The minimum absolute atomic E-state index is 0.214. The molecular formula is C20H23N5O2. The Kier molecular flexibility index (Phi) is 5.71. The minimum Gasteiger partial charge on any atom is -0.468 e. The van der Waals surface area contributed by atoms with Crippen LogP contribution in [0.15, 0.2) is 49.6 Å². The molecule has 140 valence electrons. The lowest BCUT2D eigenvalue weighted by molar-refractivity contribution is 0.300. The maximum atomic E-state index is 6.06. The standard InChI is InChI=1S/C20H23N5O2/c1-4-6-11-27-19-23-17(21)16-18(24-19)25(20(22-16)26-3)13-15-10-7-9-14(12-15)8-5-2/h4-5,7,9-10,12H,1-2,6,8,11,13H2,3H3,(H2,21,23,24). The van der Waals surface area contributed by atoms with Crippen LogP contribution in [0.25, 0.3) is 11.2 Å². The van der Waals surface area contributed by atoms with E-state index in [1.54, 1.807) is 13.2 Å². The molecule has 0 radical (unpaired) electrons. The number of fused-ring (bicyclic) bond motifs is 1. The van der Waals surface area contributed by atoms with Crippen LogP contribution in [0.5, 0.6) is 12.0 Å². The summed E-state index contributed by atoms with van der Waals surface area (Å²) in [5.74, 6) is 0.256. The van der Waals surface area contributed by atoms with Gasteiger partial charge in [-0.15, -0.1) is 13.2 Å². The first-order valence-corrected chi connectivity index (χ1v) is 8.66. The molecular weight excluding hydrogens is 342 g/mol. The first kappa shape index (κ1) is 18.4. The first-order valence-electron chi connectivity index (χ1n) is 8.66. The molecule has 0 amide bonds. The van der Waals surface area contributed by atoms with Crippen molar-refractivity contribution in [1.29, 1.82) is 0 Å². The molecule has 0 spiro atoms. The number of nitrogens with two attached hydrogens (primary N) is 1. The van der Waals surface area contributed by atoms with Crippen molar-refractivity contribution in [3.63, 3.8) is 0 Å². The quantitative estimate of drug-likeness (QED) is 0.463. The smallest absolute Gasteiger partial charge is 0.320 e. The van der Waals surface area contributed by atoms with Crippen molar-refractivity contribution < 1.29 is 9.47 Å². The Morgan fingerprint density at radius 3 is 2.70 bits per heavy atom. The molecule has 27 heavy (non-hydrogen) atoms. The van der Waals surface area contributed by atoms with E-state index >= 15 is 0 Å². The lowest BCUT2D eigenvalue weighted by Gasteiger charge is -2.09. The largest absolute Gasteiger partial charge is 0.468 e. The first-order chi connectivity index (χ1) is 13.2. The Bertz CT molecular complexity index is 964. The summed E-state index contributed by atoms with van der Waals surface area (Å²) in [6, 6.07) is 8.89. The summed E-state index contributed by atoms with van der Waals surface area (Å²) in [4.78, 5) is 13.1. The van der Waals surface area contributed by atoms with E-state index in [4.69, 9.17) is 15.2 Å². The van der Waals surface area contributed by atoms with Crippen LogP contribution in [0.1, 0.15) is 17.5 Å². The van der Waals surface area contributed by atoms with Gasteiger partial charge in [-0.3, -0.25) is 4.57 Å². The highest BCUT2D eigenvalue weighted by molar-refractivity contribution is 5.83. The summed E-state index contributed by atoms with van der Waals surface area (Å²) in [6.45, 7) is 8.43. The third-order valence-corrected chi connectivity index (χ3v) is 4.01. The summed E-state index contributed by atoms with van der Waals surface area (Å²) in [7, 11) is 1.57. The fourth-order valence-corrected chi connectivity index (χ4v) is 2.78. The molecule has 0 unspecified atom stereocenters. The molecule has 0 fully saturated rings. The van der Waals surface area contributed by atoms with Crippen LogP contribution < -0.4 is 15.2 Å². The van der Waals surface area contributed by atoms with Gasteiger partial charge in [-0.1, -0.05) is 36.4 Å². The minimum atomic E-state index is 0.214. The Labute approximate surface area is 158 Å². The number of nitrogen functional groups attached to an aromatic ring is 1. The van der Waals surface area contributed by atoms with E-state index in [0.717, 1.165) is 12.0 Å². The molecule has 0 bridgehead atoms. The van der Waals surface area contributed by atoms with Crippen LogP contribution >= 0.6 is 0 Å². The van der Waals surface area contributed by atoms with Gasteiger partial charge in [0.25, 0.3) is 6.01 Å². The molecule has 3 rings (SSSR count). The number of ether oxygens (including phenoxy) is 2. The third-order valence-electron chi connectivity index (χ3n) is 4.01. The van der Waals surface area contributed by atoms with Gasteiger partial charge in [0.05, 0.1) is 20.3 Å². The molecule has 0 saturated heterocycles. The number of rotatable bonds is 9. The van der Waals surface area contributed by atoms with Gasteiger partial charge in [-0.05, 0) is 24.0 Å². The summed E-state index contributed by atoms with van der Waals surface area (Å²) in [6.07, 6.45) is 5.16. The van der Waals surface area contributed by atoms with Gasteiger partial charge in [-0.2, -0.15) is 15.0 Å². The SMILES string of the molecule is C=CCCOc1nc(N)c2nc(OC)n(Cc3cccc(CC=C)c3)c2n1. The molecule has 1 aromatic carbocycles. The maximum absolute atomic E-state index is 6.06. The zero-order valence-corrected chi connectivity index (χ0v) is 15.4. The fourth-order valence-electron chi connectivity index (χ4n) is 2.78. The van der Waals surface area contributed by atoms with Crippen LogP contribution in [-0.2, 0) is 13.0 Å². The fraction of sp³-hybridized carbons (Fsp3) is 0.250. The zero-order chi connectivity index (χ0) is 19.2. The van der Waals surface area contributed by atoms with Crippen LogP contribution in [0.4, 0.5) is 5.82 Å². The van der Waals surface area contributed by atoms with Crippen LogP contribution in [-0.4, -0.2) is 33.2 Å². The van der Waals surface area contributed by atoms with E-state index in [1.165, 1.54) is 5.56 Å². The lowest BCUT2D eigenvalue weighted by Crippen LogP contribution is -2.07. The lowest BCUT2D eigenvalue weighted by atomic mass is 10.1. The highest BCUT2D eigenvalue weighted by Gasteiger charge is 2.18. The number of aromatic nitrogens is 4. The van der Waals surface area contributed by atoms with E-state index in [-0.39, 0.29) is 11.8 Å². The molecule has 7 nitrogen and oxygen atoms in total. The van der Waals surface area contributed by atoms with Crippen molar-refractivity contribution in [3.8, 4) is 12.0 Å². The summed E-state index contributed by atoms with van der Waals surface area (Å²) < 4.78 is 12.9. The van der Waals surface area contributed by atoms with E-state index in [1.807, 2.05) is 22.8 Å². The Morgan fingerprint density at radius 2 is 1.96 bits per heavy atom. The van der Waals surface area contributed by atoms with Crippen molar-refractivity contribution >= 4 is 17.0 Å². The second-order valence-electron chi connectivity index (χ2n) is 5.99. The van der Waals surface area contributed by atoms with Crippen molar-refractivity contribution in [3.05, 3.63) is 60.7 Å². The van der Waals surface area contributed by atoms with Gasteiger partial charge in [0.2, 0.25) is 0 Å². The highest BCUT2D eigenvalue weighted by atomic mass is 16.5. The summed E-state index contributed by atoms with van der Waals surface area (Å²) in [5.41, 5.74) is 9.41. The summed E-state index contributed by atoms with van der Waals surface area (Å²) >= 11 is 0. The molecule has 0 saturated carbocycles. The van der Waals surface area contributed by atoms with Crippen molar-refractivity contribution in [2.24, 2.45) is 0 Å². The molecule has 2 heterocycles. The average Bonchev–Trinajstić information content (AvgIpc) is 3.01. The normalized spacial score (nSPS) is 10.7. The zero-order valence-electron chi connectivity index (χ0n) is 15.4. The Morgan fingerprint density at radius 1 is 1.15 bits per heavy atom. The van der Waals surface area contributed by atoms with Crippen molar-refractivity contribution in [2.75, 3.05) is 19.5 Å². The number of hydrogen-bond donors (Lipinski definition) is 1. The number of allylic oxidation sites excluding steroid dienone is 1. The van der Waals surface area contributed by atoms with Gasteiger partial charge in [0.1, 0.15) is 0 Å². The highest BCUT2D eigenvalue weighted by Crippen LogP contribution is 2.26. The molecule has 2 aromatic heterocycles.